The highest BCUT2D eigenvalue weighted by Gasteiger charge is 2.59. The summed E-state index contributed by atoms with van der Waals surface area (Å²) in [6.07, 6.45) is 6.33. The van der Waals surface area contributed by atoms with Gasteiger partial charge in [0.1, 0.15) is 0 Å². The number of nitrogens with zero attached hydrogens (tertiary/aromatic N) is 2. The summed E-state index contributed by atoms with van der Waals surface area (Å²) >= 11 is 6.38. The van der Waals surface area contributed by atoms with Crippen LogP contribution in [0.25, 0.3) is 0 Å². The van der Waals surface area contributed by atoms with Crippen molar-refractivity contribution in [2.45, 2.75) is 6.42 Å². The van der Waals surface area contributed by atoms with E-state index in [0.29, 0.717) is 17.0 Å². The highest BCUT2D eigenvalue weighted by molar-refractivity contribution is 6.32. The molecule has 1 heterocycles. The van der Waals surface area contributed by atoms with E-state index >= 15 is 0 Å². The molecular formula is C25H22ClN3O5. The van der Waals surface area contributed by atoms with Gasteiger partial charge < -0.3 is 14.8 Å². The number of imide groups is 1. The summed E-state index contributed by atoms with van der Waals surface area (Å²) < 4.78 is 11.0. The van der Waals surface area contributed by atoms with E-state index in [1.165, 1.54) is 13.3 Å². The van der Waals surface area contributed by atoms with Crippen molar-refractivity contribution >= 4 is 41.2 Å². The molecule has 1 saturated heterocycles. The Kier molecular flexibility index (Phi) is 5.83. The third-order valence-corrected chi connectivity index (χ3v) is 6.71. The molecule has 5 rings (SSSR count). The maximum absolute atomic E-state index is 12.8. The van der Waals surface area contributed by atoms with Crippen LogP contribution < -0.4 is 14.8 Å². The molecule has 0 aromatic heterocycles. The summed E-state index contributed by atoms with van der Waals surface area (Å²) in [4.78, 5) is 37.8. The van der Waals surface area contributed by atoms with Crippen molar-refractivity contribution in [1.29, 1.82) is 0 Å². The highest BCUT2D eigenvalue weighted by atomic mass is 35.5. The molecule has 9 heteroatoms. The van der Waals surface area contributed by atoms with E-state index in [-0.39, 0.29) is 58.8 Å². The normalized spacial score (nSPS) is 24.7. The fourth-order valence-corrected chi connectivity index (χ4v) is 5.21. The number of fused-ring (bicyclic) bond motifs is 5. The molecule has 2 aromatic carbocycles. The summed E-state index contributed by atoms with van der Waals surface area (Å²) in [5.41, 5.74) is 1.17. The average Bonchev–Trinajstić information content (AvgIpc) is 3.51. The first-order valence-corrected chi connectivity index (χ1v) is 11.3. The molecule has 0 radical (unpaired) electrons. The second-order valence-electron chi connectivity index (χ2n) is 8.47. The van der Waals surface area contributed by atoms with Crippen LogP contribution in [-0.4, -0.2) is 42.7 Å². The summed E-state index contributed by atoms with van der Waals surface area (Å²) in [5, 5.41) is 8.06. The van der Waals surface area contributed by atoms with Crippen LogP contribution in [0.4, 0.5) is 5.69 Å². The summed E-state index contributed by atoms with van der Waals surface area (Å²) in [6.45, 7) is -0.270. The van der Waals surface area contributed by atoms with Crippen molar-refractivity contribution in [1.82, 2.24) is 5.01 Å². The molecule has 0 spiro atoms. The molecule has 4 unspecified atom stereocenters. The van der Waals surface area contributed by atoms with Crippen LogP contribution in [0, 0.1) is 23.7 Å². The number of ether oxygens (including phenoxy) is 2. The Morgan fingerprint density at radius 3 is 2.47 bits per heavy atom. The zero-order valence-electron chi connectivity index (χ0n) is 18.3. The third-order valence-electron chi connectivity index (χ3n) is 6.43. The molecule has 1 aliphatic heterocycles. The second-order valence-corrected chi connectivity index (χ2v) is 8.88. The van der Waals surface area contributed by atoms with Gasteiger partial charge >= 0.3 is 0 Å². The Morgan fingerprint density at radius 1 is 1.15 bits per heavy atom. The Hall–Kier alpha value is -3.65. The molecule has 2 fully saturated rings. The van der Waals surface area contributed by atoms with Crippen molar-refractivity contribution in [2.75, 3.05) is 19.0 Å². The SMILES string of the molecule is COc1cc(C=NN2C(=O)C3C4C=CC(C4)C3C2=O)cc(Cl)c1OCC(=O)Nc1ccccc1. The monoisotopic (exact) mass is 479 g/mol. The van der Waals surface area contributed by atoms with Crippen molar-refractivity contribution in [3.63, 3.8) is 0 Å². The molecule has 2 aliphatic carbocycles. The van der Waals surface area contributed by atoms with Crippen LogP contribution in [0.5, 0.6) is 11.5 Å². The Balaban J connectivity index is 1.27. The number of allylic oxidation sites excluding steroid dienone is 2. The van der Waals surface area contributed by atoms with E-state index in [1.54, 1.807) is 24.3 Å². The molecule has 34 heavy (non-hydrogen) atoms. The molecule has 2 bridgehead atoms. The van der Waals surface area contributed by atoms with Gasteiger partial charge in [0.15, 0.2) is 18.1 Å². The van der Waals surface area contributed by atoms with Gasteiger partial charge in [-0.3, -0.25) is 14.4 Å². The number of hydrogen-bond donors (Lipinski definition) is 1. The zero-order valence-corrected chi connectivity index (χ0v) is 19.1. The van der Waals surface area contributed by atoms with Crippen LogP contribution in [-0.2, 0) is 14.4 Å². The number of methoxy groups -OCH3 is 1. The standard InChI is InChI=1S/C25H22ClN3O5/c1-33-19-10-14(9-18(26)23(19)34-13-20(30)28-17-5-3-2-4-6-17)12-27-29-24(31)21-15-7-8-16(11-15)22(21)25(29)32/h2-10,12,15-16,21-22H,11,13H2,1H3,(H,28,30). The number of benzene rings is 2. The Bertz CT molecular complexity index is 1180. The summed E-state index contributed by atoms with van der Waals surface area (Å²) in [6, 6.07) is 12.2. The van der Waals surface area contributed by atoms with Crippen molar-refractivity contribution < 1.29 is 23.9 Å². The lowest BCUT2D eigenvalue weighted by molar-refractivity contribution is -0.140. The Morgan fingerprint density at radius 2 is 1.82 bits per heavy atom. The van der Waals surface area contributed by atoms with Gasteiger partial charge in [-0.25, -0.2) is 0 Å². The lowest BCUT2D eigenvalue weighted by atomic mass is 9.85. The first kappa shape index (κ1) is 22.2. The van der Waals surface area contributed by atoms with Crippen molar-refractivity contribution in [2.24, 2.45) is 28.8 Å². The fourth-order valence-electron chi connectivity index (χ4n) is 4.94. The highest BCUT2D eigenvalue weighted by Crippen LogP contribution is 2.52. The number of carbonyl (C=O) groups excluding carboxylic acids is 3. The lowest BCUT2D eigenvalue weighted by Crippen LogP contribution is -2.28. The molecular weight excluding hydrogens is 458 g/mol. The number of halogens is 1. The van der Waals surface area contributed by atoms with Gasteiger partial charge in [0.2, 0.25) is 0 Å². The minimum absolute atomic E-state index is 0.122. The molecule has 174 valence electrons. The first-order chi connectivity index (χ1) is 16.5. The van der Waals surface area contributed by atoms with Crippen molar-refractivity contribution in [3.8, 4) is 11.5 Å². The van der Waals surface area contributed by atoms with Crippen LogP contribution in [0.1, 0.15) is 12.0 Å². The Labute approximate surface area is 201 Å². The number of hydrogen-bond acceptors (Lipinski definition) is 6. The lowest BCUT2D eigenvalue weighted by Gasteiger charge is -2.14. The number of para-hydroxylation sites is 1. The smallest absolute Gasteiger partial charge is 0.262 e. The fraction of sp³-hybridized carbons (Fsp3) is 0.280. The zero-order chi connectivity index (χ0) is 23.8. The van der Waals surface area contributed by atoms with Crippen LogP contribution >= 0.6 is 11.6 Å². The van der Waals surface area contributed by atoms with Crippen LogP contribution in [0.15, 0.2) is 59.7 Å². The molecule has 1 N–H and O–H groups in total. The number of amides is 3. The van der Waals surface area contributed by atoms with E-state index < -0.39 is 0 Å². The number of hydrazone groups is 1. The molecule has 3 amide bonds. The van der Waals surface area contributed by atoms with Crippen molar-refractivity contribution in [3.05, 3.63) is 65.2 Å². The average molecular weight is 480 g/mol. The number of nitrogens with one attached hydrogen (secondary N) is 1. The quantitative estimate of drug-likeness (QED) is 0.372. The van der Waals surface area contributed by atoms with Crippen LogP contribution in [0.3, 0.4) is 0 Å². The van der Waals surface area contributed by atoms with E-state index in [2.05, 4.69) is 10.4 Å². The van der Waals surface area contributed by atoms with E-state index in [0.717, 1.165) is 11.4 Å². The minimum atomic E-state index is -0.352. The van der Waals surface area contributed by atoms with Gasteiger partial charge in [0.05, 0.1) is 30.2 Å². The maximum Gasteiger partial charge on any atom is 0.262 e. The van der Waals surface area contributed by atoms with Gasteiger partial charge in [0.25, 0.3) is 17.7 Å². The molecule has 4 atom stereocenters. The van der Waals surface area contributed by atoms with E-state index in [4.69, 9.17) is 21.1 Å². The molecule has 1 saturated carbocycles. The minimum Gasteiger partial charge on any atom is -0.493 e. The predicted molar refractivity (Wildman–Crippen MR) is 126 cm³/mol. The maximum atomic E-state index is 12.8. The summed E-state index contributed by atoms with van der Waals surface area (Å²) in [7, 11) is 1.45. The topological polar surface area (TPSA) is 97.3 Å². The molecule has 8 nitrogen and oxygen atoms in total. The van der Waals surface area contributed by atoms with Gasteiger partial charge in [0, 0.05) is 5.69 Å². The first-order valence-electron chi connectivity index (χ1n) is 10.9. The predicted octanol–water partition coefficient (Wildman–Crippen LogP) is 3.51. The third kappa shape index (κ3) is 3.94. The van der Waals surface area contributed by atoms with E-state index in [1.807, 2.05) is 30.4 Å². The van der Waals surface area contributed by atoms with Gasteiger partial charge in [-0.05, 0) is 48.1 Å². The van der Waals surface area contributed by atoms with E-state index in [9.17, 15) is 14.4 Å². The van der Waals surface area contributed by atoms with Gasteiger partial charge in [-0.2, -0.15) is 10.1 Å². The number of carbonyl (C=O) groups is 3. The second kappa shape index (κ2) is 8.95. The van der Waals surface area contributed by atoms with Gasteiger partial charge in [-0.15, -0.1) is 0 Å². The van der Waals surface area contributed by atoms with Gasteiger partial charge in [-0.1, -0.05) is 42.0 Å². The number of rotatable bonds is 7. The number of anilines is 1. The molecule has 3 aliphatic rings. The largest absolute Gasteiger partial charge is 0.493 e. The van der Waals surface area contributed by atoms with Crippen LogP contribution in [0.2, 0.25) is 5.02 Å². The molecule has 2 aromatic rings. The summed E-state index contributed by atoms with van der Waals surface area (Å²) in [5.74, 6) is -0.750.